The molecule has 0 spiro atoms. The number of methoxy groups -OCH3 is 1. The Balaban J connectivity index is 1.67. The second kappa shape index (κ2) is 6.25. The third-order valence-electron chi connectivity index (χ3n) is 5.01. The summed E-state index contributed by atoms with van der Waals surface area (Å²) in [6, 6.07) is 12.7. The molecular formula is C17H26N2O. The van der Waals surface area contributed by atoms with Gasteiger partial charge in [-0.25, -0.2) is 0 Å². The molecule has 3 rings (SSSR count). The third kappa shape index (κ3) is 2.76. The molecule has 2 aliphatic rings. The number of nitrogens with zero attached hydrogens (tertiary/aromatic N) is 1. The topological polar surface area (TPSA) is 24.5 Å². The first-order valence-corrected chi connectivity index (χ1v) is 7.88. The maximum atomic E-state index is 5.45. The van der Waals surface area contributed by atoms with E-state index in [1.165, 1.54) is 24.8 Å². The van der Waals surface area contributed by atoms with Crippen LogP contribution in [0, 0.1) is 0 Å². The van der Waals surface area contributed by atoms with Gasteiger partial charge in [-0.05, 0) is 24.8 Å². The highest BCUT2D eigenvalue weighted by atomic mass is 16.5. The van der Waals surface area contributed by atoms with Crippen LogP contribution in [0.15, 0.2) is 30.3 Å². The van der Waals surface area contributed by atoms with Crippen LogP contribution in [0.5, 0.6) is 0 Å². The number of benzene rings is 1. The van der Waals surface area contributed by atoms with Crippen molar-refractivity contribution < 1.29 is 4.74 Å². The Bertz CT molecular complexity index is 416. The largest absolute Gasteiger partial charge is 0.381 e. The van der Waals surface area contributed by atoms with Gasteiger partial charge in [0.25, 0.3) is 0 Å². The second-order valence-electron chi connectivity index (χ2n) is 6.11. The van der Waals surface area contributed by atoms with E-state index in [0.29, 0.717) is 18.2 Å². The zero-order valence-corrected chi connectivity index (χ0v) is 12.6. The summed E-state index contributed by atoms with van der Waals surface area (Å²) in [5.74, 6) is 0. The van der Waals surface area contributed by atoms with Gasteiger partial charge in [-0.3, -0.25) is 4.90 Å². The fourth-order valence-electron chi connectivity index (χ4n) is 3.56. The second-order valence-corrected chi connectivity index (χ2v) is 6.11. The lowest BCUT2D eigenvalue weighted by atomic mass is 9.85. The summed E-state index contributed by atoms with van der Waals surface area (Å²) in [7, 11) is 1.84. The Morgan fingerprint density at radius 3 is 2.65 bits per heavy atom. The number of nitrogens with one attached hydrogen (secondary N) is 1. The molecule has 1 saturated carbocycles. The quantitative estimate of drug-likeness (QED) is 0.913. The summed E-state index contributed by atoms with van der Waals surface area (Å²) in [5, 5.41) is 3.72. The summed E-state index contributed by atoms with van der Waals surface area (Å²) < 4.78 is 5.45. The number of hydrogen-bond donors (Lipinski definition) is 1. The van der Waals surface area contributed by atoms with Crippen molar-refractivity contribution in [2.75, 3.05) is 20.2 Å². The van der Waals surface area contributed by atoms with Crippen LogP contribution >= 0.6 is 0 Å². The van der Waals surface area contributed by atoms with Gasteiger partial charge in [0.2, 0.25) is 0 Å². The molecule has 1 N–H and O–H groups in total. The van der Waals surface area contributed by atoms with Gasteiger partial charge in [0, 0.05) is 38.3 Å². The summed E-state index contributed by atoms with van der Waals surface area (Å²) in [6.07, 6.45) is 4.12. The summed E-state index contributed by atoms with van der Waals surface area (Å²) in [6.45, 7) is 4.53. The van der Waals surface area contributed by atoms with Crippen LogP contribution in [0.3, 0.4) is 0 Å². The van der Waals surface area contributed by atoms with Crippen LogP contribution in [-0.4, -0.2) is 43.3 Å². The Morgan fingerprint density at radius 2 is 2.00 bits per heavy atom. The SMILES string of the molecule is CCC1CNC(c2ccccc2)CN1C1CC(OC)C1. The van der Waals surface area contributed by atoms with E-state index in [1.54, 1.807) is 0 Å². The minimum absolute atomic E-state index is 0.473. The highest BCUT2D eigenvalue weighted by Crippen LogP contribution is 2.33. The van der Waals surface area contributed by atoms with Gasteiger partial charge >= 0.3 is 0 Å². The molecule has 1 aliphatic heterocycles. The normalized spacial score (nSPS) is 34.7. The average Bonchev–Trinajstić information content (AvgIpc) is 2.47. The lowest BCUT2D eigenvalue weighted by molar-refractivity contribution is -0.0528. The number of ether oxygens (including phenoxy) is 1. The monoisotopic (exact) mass is 274 g/mol. The molecular weight excluding hydrogens is 248 g/mol. The number of hydrogen-bond acceptors (Lipinski definition) is 3. The number of piperazine rings is 1. The molecule has 2 unspecified atom stereocenters. The van der Waals surface area contributed by atoms with E-state index in [9.17, 15) is 0 Å². The van der Waals surface area contributed by atoms with Crippen LogP contribution in [0.1, 0.15) is 37.8 Å². The van der Waals surface area contributed by atoms with Crippen LogP contribution in [-0.2, 0) is 4.74 Å². The van der Waals surface area contributed by atoms with Gasteiger partial charge in [-0.15, -0.1) is 0 Å². The first-order chi connectivity index (χ1) is 9.81. The highest BCUT2D eigenvalue weighted by molar-refractivity contribution is 5.20. The predicted molar refractivity (Wildman–Crippen MR) is 81.8 cm³/mol. The van der Waals surface area contributed by atoms with Crippen LogP contribution in [0.25, 0.3) is 0 Å². The fourth-order valence-corrected chi connectivity index (χ4v) is 3.56. The average molecular weight is 274 g/mol. The minimum Gasteiger partial charge on any atom is -0.381 e. The standard InChI is InChI=1S/C17H26N2O/c1-3-14-11-18-17(13-7-5-4-6-8-13)12-19(14)15-9-16(10-15)20-2/h4-8,14-18H,3,9-12H2,1-2H3. The zero-order valence-electron chi connectivity index (χ0n) is 12.6. The zero-order chi connectivity index (χ0) is 13.9. The summed E-state index contributed by atoms with van der Waals surface area (Å²) in [4.78, 5) is 2.73. The predicted octanol–water partition coefficient (Wildman–Crippen LogP) is 2.59. The lowest BCUT2D eigenvalue weighted by Gasteiger charge is -2.50. The van der Waals surface area contributed by atoms with Crippen molar-refractivity contribution in [2.45, 2.75) is 50.4 Å². The lowest BCUT2D eigenvalue weighted by Crippen LogP contribution is -2.60. The van der Waals surface area contributed by atoms with Crippen molar-refractivity contribution in [3.05, 3.63) is 35.9 Å². The van der Waals surface area contributed by atoms with Gasteiger partial charge in [0.05, 0.1) is 6.10 Å². The fraction of sp³-hybridized carbons (Fsp3) is 0.647. The van der Waals surface area contributed by atoms with Crippen LogP contribution in [0.2, 0.25) is 0 Å². The summed E-state index contributed by atoms with van der Waals surface area (Å²) >= 11 is 0. The molecule has 110 valence electrons. The van der Waals surface area contributed by atoms with Gasteiger partial charge in [-0.2, -0.15) is 0 Å². The molecule has 2 fully saturated rings. The molecule has 0 radical (unpaired) electrons. The third-order valence-corrected chi connectivity index (χ3v) is 5.01. The molecule has 3 nitrogen and oxygen atoms in total. The van der Waals surface area contributed by atoms with Gasteiger partial charge < -0.3 is 10.1 Å². The smallest absolute Gasteiger partial charge is 0.0601 e. The van der Waals surface area contributed by atoms with Crippen molar-refractivity contribution in [3.63, 3.8) is 0 Å². The van der Waals surface area contributed by atoms with E-state index in [2.05, 4.69) is 47.5 Å². The van der Waals surface area contributed by atoms with Crippen molar-refractivity contribution in [3.8, 4) is 0 Å². The van der Waals surface area contributed by atoms with Crippen molar-refractivity contribution in [1.29, 1.82) is 0 Å². The molecule has 0 bridgehead atoms. The first kappa shape index (κ1) is 14.1. The van der Waals surface area contributed by atoms with E-state index < -0.39 is 0 Å². The molecule has 1 heterocycles. The Hall–Kier alpha value is -0.900. The Kier molecular flexibility index (Phi) is 4.39. The van der Waals surface area contributed by atoms with E-state index in [0.717, 1.165) is 19.1 Å². The maximum absolute atomic E-state index is 5.45. The molecule has 1 aromatic carbocycles. The Labute approximate surface area is 122 Å². The summed E-state index contributed by atoms with van der Waals surface area (Å²) in [5.41, 5.74) is 1.41. The van der Waals surface area contributed by atoms with E-state index in [1.807, 2.05) is 7.11 Å². The molecule has 0 aromatic heterocycles. The molecule has 3 heteroatoms. The molecule has 20 heavy (non-hydrogen) atoms. The van der Waals surface area contributed by atoms with E-state index >= 15 is 0 Å². The minimum atomic E-state index is 0.473. The number of rotatable bonds is 4. The van der Waals surface area contributed by atoms with Gasteiger partial charge in [0.1, 0.15) is 0 Å². The Morgan fingerprint density at radius 1 is 1.25 bits per heavy atom. The van der Waals surface area contributed by atoms with Crippen LogP contribution in [0.4, 0.5) is 0 Å². The maximum Gasteiger partial charge on any atom is 0.0601 e. The van der Waals surface area contributed by atoms with Crippen molar-refractivity contribution in [1.82, 2.24) is 10.2 Å². The molecule has 1 saturated heterocycles. The van der Waals surface area contributed by atoms with E-state index in [-0.39, 0.29) is 0 Å². The first-order valence-electron chi connectivity index (χ1n) is 7.88. The van der Waals surface area contributed by atoms with Crippen molar-refractivity contribution in [2.24, 2.45) is 0 Å². The highest BCUT2D eigenvalue weighted by Gasteiger charge is 2.39. The molecule has 2 atom stereocenters. The van der Waals surface area contributed by atoms with Crippen LogP contribution < -0.4 is 5.32 Å². The molecule has 1 aromatic rings. The van der Waals surface area contributed by atoms with Gasteiger partial charge in [-0.1, -0.05) is 37.3 Å². The van der Waals surface area contributed by atoms with Crippen molar-refractivity contribution >= 4 is 0 Å². The van der Waals surface area contributed by atoms with E-state index in [4.69, 9.17) is 4.74 Å². The van der Waals surface area contributed by atoms with Gasteiger partial charge in [0.15, 0.2) is 0 Å². The molecule has 0 amide bonds. The molecule has 1 aliphatic carbocycles.